The van der Waals surface area contributed by atoms with Crippen LogP contribution in [0.1, 0.15) is 32.6 Å². The minimum absolute atomic E-state index is 0.0303. The lowest BCUT2D eigenvalue weighted by Crippen LogP contribution is -2.48. The van der Waals surface area contributed by atoms with Crippen molar-refractivity contribution in [3.63, 3.8) is 0 Å². The first-order valence-electron chi connectivity index (χ1n) is 5.10. The lowest BCUT2D eigenvalue weighted by Gasteiger charge is -2.28. The van der Waals surface area contributed by atoms with Crippen LogP contribution in [0.15, 0.2) is 0 Å². The Labute approximate surface area is 74.4 Å². The molecule has 0 amide bonds. The molecule has 2 heteroatoms. The summed E-state index contributed by atoms with van der Waals surface area (Å²) in [6.45, 7) is 3.57. The highest BCUT2D eigenvalue weighted by Crippen LogP contribution is 2.40. The average Bonchev–Trinajstić information content (AvgIpc) is 2.88. The van der Waals surface area contributed by atoms with Gasteiger partial charge in [0.1, 0.15) is 0 Å². The summed E-state index contributed by atoms with van der Waals surface area (Å²) in [5.74, 6) is 1.65. The van der Waals surface area contributed by atoms with Crippen LogP contribution in [0.5, 0.6) is 0 Å². The van der Waals surface area contributed by atoms with Crippen molar-refractivity contribution in [1.82, 2.24) is 5.32 Å². The van der Waals surface area contributed by atoms with Crippen LogP contribution < -0.4 is 5.32 Å². The van der Waals surface area contributed by atoms with Crippen molar-refractivity contribution in [3.05, 3.63) is 0 Å². The van der Waals surface area contributed by atoms with E-state index in [4.69, 9.17) is 0 Å². The number of rotatable bonds is 5. The smallest absolute Gasteiger partial charge is 0.0613 e. The zero-order valence-electron chi connectivity index (χ0n) is 7.84. The Morgan fingerprint density at radius 2 is 2.00 bits per heavy atom. The van der Waals surface area contributed by atoms with Gasteiger partial charge in [-0.3, -0.25) is 0 Å². The molecule has 0 aromatic carbocycles. The van der Waals surface area contributed by atoms with Crippen LogP contribution in [-0.4, -0.2) is 23.8 Å². The minimum atomic E-state index is 0.0303. The van der Waals surface area contributed by atoms with Gasteiger partial charge in [-0.1, -0.05) is 0 Å². The molecule has 0 bridgehead atoms. The third kappa shape index (κ3) is 1.80. The van der Waals surface area contributed by atoms with Gasteiger partial charge in [-0.25, -0.2) is 0 Å². The molecule has 2 aliphatic rings. The van der Waals surface area contributed by atoms with E-state index in [1.807, 2.05) is 0 Å². The lowest BCUT2D eigenvalue weighted by molar-refractivity contribution is 0.154. The van der Waals surface area contributed by atoms with Crippen molar-refractivity contribution < 1.29 is 5.11 Å². The predicted molar refractivity (Wildman–Crippen MR) is 48.9 cm³/mol. The largest absolute Gasteiger partial charge is 0.394 e. The van der Waals surface area contributed by atoms with Gasteiger partial charge >= 0.3 is 0 Å². The number of aliphatic hydroxyl groups excluding tert-OH is 1. The van der Waals surface area contributed by atoms with Gasteiger partial charge in [0.05, 0.1) is 6.61 Å². The Bertz CT molecular complexity index is 163. The highest BCUT2D eigenvalue weighted by atomic mass is 16.3. The molecule has 2 aliphatic carbocycles. The van der Waals surface area contributed by atoms with Gasteiger partial charge in [0.25, 0.3) is 0 Å². The molecule has 70 valence electrons. The molecule has 0 saturated heterocycles. The second kappa shape index (κ2) is 3.00. The molecule has 2 rings (SSSR count). The SMILES string of the molecule is CC(CO)(NCC1CC1)C1CC1. The van der Waals surface area contributed by atoms with Crippen LogP contribution >= 0.6 is 0 Å². The van der Waals surface area contributed by atoms with Crippen LogP contribution in [-0.2, 0) is 0 Å². The van der Waals surface area contributed by atoms with E-state index in [1.165, 1.54) is 25.7 Å². The Balaban J connectivity index is 1.78. The van der Waals surface area contributed by atoms with E-state index in [0.717, 1.165) is 18.4 Å². The van der Waals surface area contributed by atoms with Crippen LogP contribution in [0.25, 0.3) is 0 Å². The lowest BCUT2D eigenvalue weighted by atomic mass is 9.97. The van der Waals surface area contributed by atoms with Crippen molar-refractivity contribution >= 4 is 0 Å². The van der Waals surface area contributed by atoms with Crippen LogP contribution in [0, 0.1) is 11.8 Å². The topological polar surface area (TPSA) is 32.3 Å². The maximum atomic E-state index is 9.27. The molecule has 2 fully saturated rings. The number of nitrogens with one attached hydrogen (secondary N) is 1. The number of hydrogen-bond acceptors (Lipinski definition) is 2. The van der Waals surface area contributed by atoms with Crippen molar-refractivity contribution in [2.24, 2.45) is 11.8 Å². The fourth-order valence-corrected chi connectivity index (χ4v) is 1.75. The summed E-state index contributed by atoms with van der Waals surface area (Å²) in [6, 6.07) is 0. The molecule has 0 aliphatic heterocycles. The Hall–Kier alpha value is -0.0800. The fourth-order valence-electron chi connectivity index (χ4n) is 1.75. The van der Waals surface area contributed by atoms with Gasteiger partial charge in [-0.05, 0) is 51.0 Å². The Morgan fingerprint density at radius 3 is 2.42 bits per heavy atom. The second-order valence-corrected chi connectivity index (χ2v) is 4.67. The van der Waals surface area contributed by atoms with Gasteiger partial charge < -0.3 is 10.4 Å². The highest BCUT2D eigenvalue weighted by Gasteiger charge is 2.41. The maximum absolute atomic E-state index is 9.27. The normalized spacial score (nSPS) is 28.5. The molecular weight excluding hydrogens is 150 g/mol. The quantitative estimate of drug-likeness (QED) is 0.647. The summed E-state index contributed by atoms with van der Waals surface area (Å²) in [5.41, 5.74) is 0.0303. The van der Waals surface area contributed by atoms with Crippen molar-refractivity contribution in [1.29, 1.82) is 0 Å². The fraction of sp³-hybridized carbons (Fsp3) is 1.00. The van der Waals surface area contributed by atoms with Gasteiger partial charge in [0.2, 0.25) is 0 Å². The van der Waals surface area contributed by atoms with Crippen molar-refractivity contribution in [3.8, 4) is 0 Å². The third-order valence-electron chi connectivity index (χ3n) is 3.30. The van der Waals surface area contributed by atoms with Gasteiger partial charge in [0, 0.05) is 5.54 Å². The molecule has 1 unspecified atom stereocenters. The van der Waals surface area contributed by atoms with E-state index in [1.54, 1.807) is 0 Å². The summed E-state index contributed by atoms with van der Waals surface area (Å²) in [6.07, 6.45) is 5.38. The summed E-state index contributed by atoms with van der Waals surface area (Å²) in [5, 5.41) is 12.8. The van der Waals surface area contributed by atoms with Crippen molar-refractivity contribution in [2.45, 2.75) is 38.1 Å². The van der Waals surface area contributed by atoms with Gasteiger partial charge in [-0.2, -0.15) is 0 Å². The van der Waals surface area contributed by atoms with Crippen LogP contribution in [0.3, 0.4) is 0 Å². The van der Waals surface area contributed by atoms with Gasteiger partial charge in [-0.15, -0.1) is 0 Å². The molecule has 2 saturated carbocycles. The first kappa shape index (κ1) is 8.52. The molecule has 2 nitrogen and oxygen atoms in total. The molecule has 1 atom stereocenters. The highest BCUT2D eigenvalue weighted by molar-refractivity contribution is 4.98. The Kier molecular flexibility index (Phi) is 2.13. The molecule has 12 heavy (non-hydrogen) atoms. The summed E-state index contributed by atoms with van der Waals surface area (Å²) in [7, 11) is 0. The molecule has 0 aromatic heterocycles. The summed E-state index contributed by atoms with van der Waals surface area (Å²) >= 11 is 0. The predicted octanol–water partition coefficient (Wildman–Crippen LogP) is 1.15. The third-order valence-corrected chi connectivity index (χ3v) is 3.30. The number of aliphatic hydroxyl groups is 1. The first-order valence-corrected chi connectivity index (χ1v) is 5.10. The first-order chi connectivity index (χ1) is 5.74. The molecule has 0 heterocycles. The van der Waals surface area contributed by atoms with Gasteiger partial charge in [0.15, 0.2) is 0 Å². The second-order valence-electron chi connectivity index (χ2n) is 4.67. The molecule has 0 aromatic rings. The van der Waals surface area contributed by atoms with E-state index in [0.29, 0.717) is 6.61 Å². The van der Waals surface area contributed by atoms with E-state index in [-0.39, 0.29) is 5.54 Å². The van der Waals surface area contributed by atoms with E-state index >= 15 is 0 Å². The van der Waals surface area contributed by atoms with Crippen LogP contribution in [0.4, 0.5) is 0 Å². The molecular formula is C10H19NO. The Morgan fingerprint density at radius 1 is 1.33 bits per heavy atom. The van der Waals surface area contributed by atoms with E-state index < -0.39 is 0 Å². The van der Waals surface area contributed by atoms with Crippen LogP contribution in [0.2, 0.25) is 0 Å². The minimum Gasteiger partial charge on any atom is -0.394 e. The average molecular weight is 169 g/mol. The van der Waals surface area contributed by atoms with E-state index in [2.05, 4.69) is 12.2 Å². The monoisotopic (exact) mass is 169 g/mol. The molecule has 2 N–H and O–H groups in total. The van der Waals surface area contributed by atoms with Crippen molar-refractivity contribution in [2.75, 3.05) is 13.2 Å². The standard InChI is InChI=1S/C10H19NO/c1-10(7-12,9-4-5-9)11-6-8-2-3-8/h8-9,11-12H,2-7H2,1H3. The number of hydrogen-bond donors (Lipinski definition) is 2. The zero-order valence-corrected chi connectivity index (χ0v) is 7.84. The maximum Gasteiger partial charge on any atom is 0.0613 e. The summed E-state index contributed by atoms with van der Waals surface area (Å²) in [4.78, 5) is 0. The van der Waals surface area contributed by atoms with E-state index in [9.17, 15) is 5.11 Å². The molecule has 0 radical (unpaired) electrons. The zero-order chi connectivity index (χ0) is 8.60. The molecule has 0 spiro atoms. The summed E-state index contributed by atoms with van der Waals surface area (Å²) < 4.78 is 0.